The van der Waals surface area contributed by atoms with Crippen LogP contribution in [0.2, 0.25) is 0 Å². The first-order valence-electron chi connectivity index (χ1n) is 7.70. The van der Waals surface area contributed by atoms with E-state index in [1.54, 1.807) is 0 Å². The zero-order chi connectivity index (χ0) is 13.5. The van der Waals surface area contributed by atoms with Crippen molar-refractivity contribution in [3.63, 3.8) is 0 Å². The second-order valence-corrected chi connectivity index (χ2v) is 5.93. The standard InChI is InChI=1S/C15H28N4/c1-13(2)14(19-9-5-3-4-6-10-19)11-16-12-15-17-7-8-18-15/h7-8,13-14,16H,3-6,9-12H2,1-2H3,(H,17,18). The number of likely N-dealkylation sites (tertiary alicyclic amines) is 1. The Hall–Kier alpha value is -0.870. The normalized spacial score (nSPS) is 19.5. The van der Waals surface area contributed by atoms with Crippen molar-refractivity contribution in [2.24, 2.45) is 5.92 Å². The van der Waals surface area contributed by atoms with Crippen LogP contribution in [0.1, 0.15) is 45.4 Å². The van der Waals surface area contributed by atoms with Gasteiger partial charge in [-0.25, -0.2) is 4.98 Å². The Balaban J connectivity index is 1.81. The third-order valence-electron chi connectivity index (χ3n) is 4.08. The molecule has 2 heterocycles. The molecule has 2 rings (SSSR count). The van der Waals surface area contributed by atoms with Crippen LogP contribution in [0.3, 0.4) is 0 Å². The number of aromatic amines is 1. The van der Waals surface area contributed by atoms with Gasteiger partial charge in [-0.1, -0.05) is 26.7 Å². The van der Waals surface area contributed by atoms with Crippen LogP contribution in [0.25, 0.3) is 0 Å². The zero-order valence-electron chi connectivity index (χ0n) is 12.4. The van der Waals surface area contributed by atoms with Gasteiger partial charge < -0.3 is 10.3 Å². The topological polar surface area (TPSA) is 44.0 Å². The summed E-state index contributed by atoms with van der Waals surface area (Å²) in [4.78, 5) is 10.1. The van der Waals surface area contributed by atoms with Crippen LogP contribution in [0, 0.1) is 5.92 Å². The fourth-order valence-electron chi connectivity index (χ4n) is 2.95. The highest BCUT2D eigenvalue weighted by Crippen LogP contribution is 2.17. The van der Waals surface area contributed by atoms with Gasteiger partial charge in [-0.05, 0) is 31.8 Å². The Morgan fingerprint density at radius 3 is 2.58 bits per heavy atom. The molecule has 0 radical (unpaired) electrons. The largest absolute Gasteiger partial charge is 0.348 e. The van der Waals surface area contributed by atoms with Gasteiger partial charge in [0, 0.05) is 25.0 Å². The van der Waals surface area contributed by atoms with E-state index < -0.39 is 0 Å². The van der Waals surface area contributed by atoms with E-state index >= 15 is 0 Å². The fraction of sp³-hybridized carbons (Fsp3) is 0.800. The van der Waals surface area contributed by atoms with Crippen LogP contribution < -0.4 is 5.32 Å². The first-order valence-corrected chi connectivity index (χ1v) is 7.70. The van der Waals surface area contributed by atoms with Crippen molar-refractivity contribution in [3.05, 3.63) is 18.2 Å². The summed E-state index contributed by atoms with van der Waals surface area (Å²) >= 11 is 0. The minimum Gasteiger partial charge on any atom is -0.348 e. The summed E-state index contributed by atoms with van der Waals surface area (Å²) in [5.41, 5.74) is 0. The maximum atomic E-state index is 4.25. The Morgan fingerprint density at radius 2 is 2.00 bits per heavy atom. The zero-order valence-corrected chi connectivity index (χ0v) is 12.4. The molecule has 2 N–H and O–H groups in total. The van der Waals surface area contributed by atoms with Crippen molar-refractivity contribution in [2.75, 3.05) is 19.6 Å². The smallest absolute Gasteiger partial charge is 0.120 e. The summed E-state index contributed by atoms with van der Waals surface area (Å²) in [6.07, 6.45) is 9.22. The van der Waals surface area contributed by atoms with Crippen LogP contribution >= 0.6 is 0 Å². The molecule has 0 spiro atoms. The van der Waals surface area contributed by atoms with Crippen molar-refractivity contribution in [1.29, 1.82) is 0 Å². The lowest BCUT2D eigenvalue weighted by molar-refractivity contribution is 0.156. The molecule has 4 heteroatoms. The Kier molecular flexibility index (Phi) is 5.86. The van der Waals surface area contributed by atoms with Gasteiger partial charge in [-0.2, -0.15) is 0 Å². The molecule has 1 aromatic heterocycles. The monoisotopic (exact) mass is 264 g/mol. The molecule has 1 aliphatic heterocycles. The van der Waals surface area contributed by atoms with Crippen molar-refractivity contribution in [1.82, 2.24) is 20.2 Å². The van der Waals surface area contributed by atoms with Gasteiger partial charge in [-0.3, -0.25) is 4.90 Å². The molecule has 1 atom stereocenters. The van der Waals surface area contributed by atoms with Crippen LogP contribution in [0.4, 0.5) is 0 Å². The molecule has 1 aromatic rings. The SMILES string of the molecule is CC(C)C(CNCc1ncc[nH]1)N1CCCCCC1. The Bertz CT molecular complexity index is 326. The van der Waals surface area contributed by atoms with Gasteiger partial charge in [0.25, 0.3) is 0 Å². The van der Waals surface area contributed by atoms with Gasteiger partial charge >= 0.3 is 0 Å². The second-order valence-electron chi connectivity index (χ2n) is 5.93. The summed E-state index contributed by atoms with van der Waals surface area (Å²) in [6, 6.07) is 0.646. The van der Waals surface area contributed by atoms with Gasteiger partial charge in [0.15, 0.2) is 0 Å². The molecule has 1 aliphatic rings. The van der Waals surface area contributed by atoms with E-state index in [2.05, 4.69) is 34.0 Å². The van der Waals surface area contributed by atoms with E-state index in [1.807, 2.05) is 12.4 Å². The van der Waals surface area contributed by atoms with E-state index in [0.29, 0.717) is 12.0 Å². The highest BCUT2D eigenvalue weighted by atomic mass is 15.2. The summed E-state index contributed by atoms with van der Waals surface area (Å²) < 4.78 is 0. The predicted molar refractivity (Wildman–Crippen MR) is 79.0 cm³/mol. The maximum Gasteiger partial charge on any atom is 0.120 e. The van der Waals surface area contributed by atoms with E-state index in [0.717, 1.165) is 18.9 Å². The van der Waals surface area contributed by atoms with E-state index in [1.165, 1.54) is 38.8 Å². The molecule has 1 unspecified atom stereocenters. The Labute approximate surface area is 117 Å². The molecule has 0 aromatic carbocycles. The molecule has 1 fully saturated rings. The van der Waals surface area contributed by atoms with Crippen molar-refractivity contribution < 1.29 is 0 Å². The third-order valence-corrected chi connectivity index (χ3v) is 4.08. The maximum absolute atomic E-state index is 4.25. The lowest BCUT2D eigenvalue weighted by Gasteiger charge is -2.33. The second kappa shape index (κ2) is 7.65. The molecular weight excluding hydrogens is 236 g/mol. The lowest BCUT2D eigenvalue weighted by Crippen LogP contribution is -2.46. The van der Waals surface area contributed by atoms with Crippen LogP contribution in [0.15, 0.2) is 12.4 Å². The van der Waals surface area contributed by atoms with E-state index in [-0.39, 0.29) is 0 Å². The van der Waals surface area contributed by atoms with Crippen LogP contribution in [-0.2, 0) is 6.54 Å². The quantitative estimate of drug-likeness (QED) is 0.829. The molecule has 0 bridgehead atoms. The minimum absolute atomic E-state index is 0.646. The number of aromatic nitrogens is 2. The summed E-state index contributed by atoms with van der Waals surface area (Å²) in [5.74, 6) is 1.72. The summed E-state index contributed by atoms with van der Waals surface area (Å²) in [7, 11) is 0. The van der Waals surface area contributed by atoms with Gasteiger partial charge in [0.1, 0.15) is 5.82 Å². The van der Waals surface area contributed by atoms with Crippen LogP contribution in [0.5, 0.6) is 0 Å². The average molecular weight is 264 g/mol. The van der Waals surface area contributed by atoms with E-state index in [4.69, 9.17) is 0 Å². The Morgan fingerprint density at radius 1 is 1.26 bits per heavy atom. The number of imidazole rings is 1. The highest BCUT2D eigenvalue weighted by Gasteiger charge is 2.22. The third kappa shape index (κ3) is 4.62. The molecule has 1 saturated heterocycles. The number of H-pyrrole nitrogens is 1. The summed E-state index contributed by atoms with van der Waals surface area (Å²) in [6.45, 7) is 9.10. The fourth-order valence-corrected chi connectivity index (χ4v) is 2.95. The first-order chi connectivity index (χ1) is 9.27. The molecule has 0 saturated carbocycles. The molecule has 108 valence electrons. The number of hydrogen-bond acceptors (Lipinski definition) is 3. The van der Waals surface area contributed by atoms with Crippen molar-refractivity contribution in [3.8, 4) is 0 Å². The van der Waals surface area contributed by atoms with Gasteiger partial charge in [-0.15, -0.1) is 0 Å². The van der Waals surface area contributed by atoms with Crippen LogP contribution in [-0.4, -0.2) is 40.5 Å². The van der Waals surface area contributed by atoms with E-state index in [9.17, 15) is 0 Å². The average Bonchev–Trinajstić information content (AvgIpc) is 2.76. The number of hydrogen-bond donors (Lipinski definition) is 2. The highest BCUT2D eigenvalue weighted by molar-refractivity contribution is 4.87. The molecule has 4 nitrogen and oxygen atoms in total. The minimum atomic E-state index is 0.646. The molecule has 19 heavy (non-hydrogen) atoms. The first kappa shape index (κ1) is 14.5. The molecule has 0 aliphatic carbocycles. The number of rotatable bonds is 6. The van der Waals surface area contributed by atoms with Crippen molar-refractivity contribution in [2.45, 2.75) is 52.1 Å². The summed E-state index contributed by atoms with van der Waals surface area (Å²) in [5, 5.41) is 3.55. The van der Waals surface area contributed by atoms with Gasteiger partial charge in [0.05, 0.1) is 6.54 Å². The molecular formula is C15H28N4. The lowest BCUT2D eigenvalue weighted by atomic mass is 10.0. The number of nitrogens with zero attached hydrogens (tertiary/aromatic N) is 2. The van der Waals surface area contributed by atoms with Crippen molar-refractivity contribution >= 4 is 0 Å². The van der Waals surface area contributed by atoms with Gasteiger partial charge in [0.2, 0.25) is 0 Å². The number of nitrogens with one attached hydrogen (secondary N) is 2. The molecule has 0 amide bonds. The predicted octanol–water partition coefficient (Wildman–Crippen LogP) is 2.40.